The number of hydrogen-bond donors (Lipinski definition) is 2. The summed E-state index contributed by atoms with van der Waals surface area (Å²) in [6.45, 7) is 4.31. The van der Waals surface area contributed by atoms with Gasteiger partial charge in [0.25, 0.3) is 5.56 Å². The van der Waals surface area contributed by atoms with Gasteiger partial charge in [-0.05, 0) is 49.2 Å². The van der Waals surface area contributed by atoms with Gasteiger partial charge in [0.1, 0.15) is 6.10 Å². The van der Waals surface area contributed by atoms with Crippen LogP contribution in [0.15, 0.2) is 52.1 Å². The summed E-state index contributed by atoms with van der Waals surface area (Å²) in [5.74, 6) is -0.528. The third-order valence-corrected chi connectivity index (χ3v) is 6.74. The van der Waals surface area contributed by atoms with Crippen LogP contribution in [0.3, 0.4) is 0 Å². The zero-order valence-electron chi connectivity index (χ0n) is 19.2. The number of fused-ring (bicyclic) bond motifs is 3. The number of aromatic nitrogens is 3. The standard InChI is InChI=1S/C25H24ClN3O5/c1-25(2)12-34-22(14-7-10-16(30)17(31)11-14)21-20-18(23(32)28(4)24(33)27(20)3)19(29(21)25)13-5-8-15(26)9-6-13/h5-11,22,30-31H,12H2,1-4H3/t22-/m0/s1. The molecule has 0 spiro atoms. The minimum absolute atomic E-state index is 0.247. The van der Waals surface area contributed by atoms with Crippen LogP contribution in [-0.4, -0.2) is 30.5 Å². The van der Waals surface area contributed by atoms with Crippen LogP contribution in [0.1, 0.15) is 31.2 Å². The van der Waals surface area contributed by atoms with Gasteiger partial charge in [0, 0.05) is 19.1 Å². The number of benzene rings is 2. The Morgan fingerprint density at radius 1 is 1.00 bits per heavy atom. The number of aromatic hydroxyl groups is 2. The Hall–Kier alpha value is -3.49. The molecule has 1 atom stereocenters. The van der Waals surface area contributed by atoms with Gasteiger partial charge < -0.3 is 19.5 Å². The maximum absolute atomic E-state index is 13.5. The molecule has 1 aliphatic rings. The van der Waals surface area contributed by atoms with Crippen LogP contribution in [0, 0.1) is 0 Å². The fourth-order valence-electron chi connectivity index (χ4n) is 4.84. The fraction of sp³-hybridized carbons (Fsp3) is 0.280. The van der Waals surface area contributed by atoms with E-state index in [1.807, 2.05) is 26.0 Å². The van der Waals surface area contributed by atoms with E-state index >= 15 is 0 Å². The summed E-state index contributed by atoms with van der Waals surface area (Å²) in [6.07, 6.45) is -0.694. The van der Waals surface area contributed by atoms with Gasteiger partial charge >= 0.3 is 5.69 Å². The molecule has 0 amide bonds. The van der Waals surface area contributed by atoms with E-state index in [0.717, 1.165) is 10.1 Å². The van der Waals surface area contributed by atoms with Gasteiger partial charge in [-0.3, -0.25) is 13.9 Å². The number of halogens is 1. The number of nitrogens with zero attached hydrogens (tertiary/aromatic N) is 3. The minimum atomic E-state index is -0.694. The van der Waals surface area contributed by atoms with Gasteiger partial charge in [0.05, 0.1) is 34.4 Å². The first-order chi connectivity index (χ1) is 16.0. The van der Waals surface area contributed by atoms with Gasteiger partial charge in [-0.2, -0.15) is 0 Å². The van der Waals surface area contributed by atoms with Gasteiger partial charge in [-0.1, -0.05) is 29.8 Å². The first-order valence-electron chi connectivity index (χ1n) is 10.8. The van der Waals surface area contributed by atoms with E-state index in [1.54, 1.807) is 25.2 Å². The number of ether oxygens (including phenoxy) is 1. The molecule has 2 aromatic heterocycles. The highest BCUT2D eigenvalue weighted by Crippen LogP contribution is 2.46. The van der Waals surface area contributed by atoms with Crippen LogP contribution >= 0.6 is 11.6 Å². The van der Waals surface area contributed by atoms with E-state index in [4.69, 9.17) is 16.3 Å². The summed E-state index contributed by atoms with van der Waals surface area (Å²) in [7, 11) is 3.09. The zero-order valence-corrected chi connectivity index (χ0v) is 19.9. The second kappa shape index (κ2) is 7.51. The summed E-state index contributed by atoms with van der Waals surface area (Å²) in [5, 5.41) is 20.9. The van der Waals surface area contributed by atoms with Crippen LogP contribution in [0.4, 0.5) is 0 Å². The molecule has 0 radical (unpaired) electrons. The Morgan fingerprint density at radius 2 is 1.68 bits per heavy atom. The molecule has 0 fully saturated rings. The van der Waals surface area contributed by atoms with E-state index in [9.17, 15) is 19.8 Å². The Morgan fingerprint density at radius 3 is 2.32 bits per heavy atom. The SMILES string of the molecule is Cn1c(=O)c2c(-c3ccc(Cl)cc3)n3c(c2n(C)c1=O)[C@H](c1ccc(O)c(O)c1)OCC3(C)C. The van der Waals surface area contributed by atoms with Crippen molar-refractivity contribution in [2.24, 2.45) is 14.1 Å². The van der Waals surface area contributed by atoms with Crippen molar-refractivity contribution in [1.82, 2.24) is 13.7 Å². The lowest BCUT2D eigenvalue weighted by Gasteiger charge is -2.39. The van der Waals surface area contributed by atoms with Crippen LogP contribution in [0.25, 0.3) is 22.2 Å². The minimum Gasteiger partial charge on any atom is -0.504 e. The molecule has 9 heteroatoms. The predicted molar refractivity (Wildman–Crippen MR) is 130 cm³/mol. The molecule has 0 bridgehead atoms. The number of phenolic OH excluding ortho intramolecular Hbond substituents is 2. The van der Waals surface area contributed by atoms with Gasteiger partial charge in [-0.25, -0.2) is 4.79 Å². The Kier molecular flexibility index (Phi) is 4.93. The van der Waals surface area contributed by atoms with Crippen LogP contribution in [-0.2, 0) is 24.4 Å². The van der Waals surface area contributed by atoms with Crippen molar-refractivity contribution in [3.63, 3.8) is 0 Å². The van der Waals surface area contributed by atoms with Crippen molar-refractivity contribution in [3.05, 3.63) is 79.6 Å². The Bertz CT molecular complexity index is 1580. The lowest BCUT2D eigenvalue weighted by Crippen LogP contribution is -2.40. The van der Waals surface area contributed by atoms with Crippen LogP contribution < -0.4 is 11.2 Å². The lowest BCUT2D eigenvalue weighted by molar-refractivity contribution is -0.00716. The molecule has 2 aromatic carbocycles. The highest BCUT2D eigenvalue weighted by molar-refractivity contribution is 6.30. The second-order valence-corrected chi connectivity index (χ2v) is 9.69. The molecular weight excluding hydrogens is 458 g/mol. The molecule has 5 rings (SSSR count). The summed E-state index contributed by atoms with van der Waals surface area (Å²) in [5.41, 5.74) is 1.68. The second-order valence-electron chi connectivity index (χ2n) is 9.26. The molecule has 2 N–H and O–H groups in total. The average molecular weight is 482 g/mol. The molecule has 0 saturated heterocycles. The smallest absolute Gasteiger partial charge is 0.331 e. The van der Waals surface area contributed by atoms with Crippen molar-refractivity contribution in [3.8, 4) is 22.8 Å². The molecule has 0 saturated carbocycles. The highest BCUT2D eigenvalue weighted by atomic mass is 35.5. The van der Waals surface area contributed by atoms with Crippen LogP contribution in [0.5, 0.6) is 11.5 Å². The molecule has 3 heterocycles. The highest BCUT2D eigenvalue weighted by Gasteiger charge is 2.40. The average Bonchev–Trinajstić information content (AvgIpc) is 3.16. The zero-order chi connectivity index (χ0) is 24.5. The number of aryl methyl sites for hydroxylation is 1. The normalized spacial score (nSPS) is 17.1. The monoisotopic (exact) mass is 481 g/mol. The van der Waals surface area contributed by atoms with E-state index < -0.39 is 22.9 Å². The molecule has 8 nitrogen and oxygen atoms in total. The van der Waals surface area contributed by atoms with Crippen molar-refractivity contribution in [2.75, 3.05) is 6.61 Å². The Labute approximate surface area is 199 Å². The van der Waals surface area contributed by atoms with Gasteiger partial charge in [0.2, 0.25) is 0 Å². The first kappa shape index (κ1) is 22.3. The fourth-order valence-corrected chi connectivity index (χ4v) is 4.96. The van der Waals surface area contributed by atoms with E-state index in [0.29, 0.717) is 39.5 Å². The van der Waals surface area contributed by atoms with E-state index in [-0.39, 0.29) is 11.5 Å². The molecule has 176 valence electrons. The summed E-state index contributed by atoms with van der Waals surface area (Å²) >= 11 is 6.14. The molecule has 1 aliphatic heterocycles. The molecule has 34 heavy (non-hydrogen) atoms. The van der Waals surface area contributed by atoms with Crippen LogP contribution in [0.2, 0.25) is 5.02 Å². The number of hydrogen-bond acceptors (Lipinski definition) is 5. The van der Waals surface area contributed by atoms with Crippen molar-refractivity contribution < 1.29 is 14.9 Å². The first-order valence-corrected chi connectivity index (χ1v) is 11.1. The van der Waals surface area contributed by atoms with E-state index in [1.165, 1.54) is 23.7 Å². The molecular formula is C25H24ClN3O5. The van der Waals surface area contributed by atoms with Crippen molar-refractivity contribution >= 4 is 22.5 Å². The summed E-state index contributed by atoms with van der Waals surface area (Å²) in [4.78, 5) is 26.5. The third-order valence-electron chi connectivity index (χ3n) is 6.49. The molecule has 4 aromatic rings. The topological polar surface area (TPSA) is 98.6 Å². The number of phenols is 2. The maximum atomic E-state index is 13.5. The van der Waals surface area contributed by atoms with Gasteiger partial charge in [-0.15, -0.1) is 0 Å². The Balaban J connectivity index is 1.99. The quantitative estimate of drug-likeness (QED) is 0.426. The summed E-state index contributed by atoms with van der Waals surface area (Å²) < 4.78 is 10.9. The molecule has 0 unspecified atom stereocenters. The predicted octanol–water partition coefficient (Wildman–Crippen LogP) is 3.63. The van der Waals surface area contributed by atoms with Gasteiger partial charge in [0.15, 0.2) is 11.5 Å². The van der Waals surface area contributed by atoms with Crippen molar-refractivity contribution in [2.45, 2.75) is 25.5 Å². The largest absolute Gasteiger partial charge is 0.504 e. The molecule has 0 aliphatic carbocycles. The summed E-state index contributed by atoms with van der Waals surface area (Å²) in [6, 6.07) is 11.7. The van der Waals surface area contributed by atoms with Crippen molar-refractivity contribution in [1.29, 1.82) is 0 Å². The number of rotatable bonds is 2. The lowest BCUT2D eigenvalue weighted by atomic mass is 9.97. The van der Waals surface area contributed by atoms with E-state index in [2.05, 4.69) is 4.57 Å². The maximum Gasteiger partial charge on any atom is 0.331 e. The third kappa shape index (κ3) is 3.09.